The second kappa shape index (κ2) is 7.04. The van der Waals surface area contributed by atoms with E-state index < -0.39 is 5.97 Å². The fraction of sp³-hybridized carbons (Fsp3) is 0.364. The van der Waals surface area contributed by atoms with Crippen LogP contribution in [0, 0.1) is 0 Å². The van der Waals surface area contributed by atoms with Gasteiger partial charge < -0.3 is 5.11 Å². The van der Waals surface area contributed by atoms with Crippen LogP contribution in [0.15, 0.2) is 24.3 Å². The molecule has 3 heteroatoms. The van der Waals surface area contributed by atoms with E-state index in [1.807, 2.05) is 12.1 Å². The van der Waals surface area contributed by atoms with Crippen molar-refractivity contribution in [1.82, 2.24) is 0 Å². The molecule has 0 heterocycles. The molecule has 2 nitrogen and oxygen atoms in total. The van der Waals surface area contributed by atoms with Gasteiger partial charge in [0.25, 0.3) is 0 Å². The van der Waals surface area contributed by atoms with Gasteiger partial charge >= 0.3 is 35.5 Å². The van der Waals surface area contributed by atoms with Gasteiger partial charge in [-0.2, -0.15) is 0 Å². The maximum atomic E-state index is 10.5. The van der Waals surface area contributed by atoms with Crippen LogP contribution in [0.25, 0.3) is 0 Å². The number of carboxylic acids is 1. The summed E-state index contributed by atoms with van der Waals surface area (Å²) >= 11 is 0. The van der Waals surface area contributed by atoms with Gasteiger partial charge in [-0.25, -0.2) is 4.79 Å². The maximum absolute atomic E-state index is 10.5. The van der Waals surface area contributed by atoms with E-state index in [0.717, 1.165) is 12.8 Å². The Morgan fingerprint density at radius 3 is 2.29 bits per heavy atom. The zero-order valence-corrected chi connectivity index (χ0v) is 7.79. The van der Waals surface area contributed by atoms with Gasteiger partial charge in [-0.3, -0.25) is 0 Å². The number of aromatic carboxylic acids is 1. The van der Waals surface area contributed by atoms with Crippen molar-refractivity contribution in [2.75, 3.05) is 0 Å². The topological polar surface area (TPSA) is 37.3 Å². The Bertz CT molecular complexity index is 280. The van der Waals surface area contributed by atoms with E-state index in [1.54, 1.807) is 12.1 Å². The molecule has 0 aromatic heterocycles. The summed E-state index contributed by atoms with van der Waals surface area (Å²) in [5, 5.41) is 8.65. The molecule has 1 N–H and O–H groups in total. The molecule has 0 saturated carbocycles. The Hall–Kier alpha value is -0.310. The van der Waals surface area contributed by atoms with Gasteiger partial charge in [0, 0.05) is 0 Å². The van der Waals surface area contributed by atoms with E-state index in [4.69, 9.17) is 5.11 Å². The normalized spacial score (nSPS) is 9.21. The van der Waals surface area contributed by atoms with Crippen LogP contribution in [0.4, 0.5) is 0 Å². The standard InChI is InChI=1S/C11H14O2.Na.H/c1-2-3-4-9-5-7-10(8-6-9)11(12)13;;/h5-8H,2-4H2,1H3,(H,12,13);;. The van der Waals surface area contributed by atoms with Gasteiger partial charge in [0.05, 0.1) is 5.56 Å². The van der Waals surface area contributed by atoms with Gasteiger partial charge in [-0.05, 0) is 30.5 Å². The number of aryl methyl sites for hydroxylation is 1. The van der Waals surface area contributed by atoms with E-state index in [0.29, 0.717) is 5.56 Å². The van der Waals surface area contributed by atoms with Crippen molar-refractivity contribution in [3.63, 3.8) is 0 Å². The van der Waals surface area contributed by atoms with Crippen LogP contribution in [0.3, 0.4) is 0 Å². The summed E-state index contributed by atoms with van der Waals surface area (Å²) in [6.07, 6.45) is 3.36. The molecule has 0 spiro atoms. The molecule has 0 unspecified atom stereocenters. The molecule has 0 aliphatic heterocycles. The van der Waals surface area contributed by atoms with Crippen LogP contribution >= 0.6 is 0 Å². The van der Waals surface area contributed by atoms with Crippen molar-refractivity contribution < 1.29 is 9.90 Å². The van der Waals surface area contributed by atoms with Crippen molar-refractivity contribution in [2.24, 2.45) is 0 Å². The SMILES string of the molecule is CCCCc1ccc(C(=O)O)cc1.[NaH]. The number of hydrogen-bond acceptors (Lipinski definition) is 1. The number of carbonyl (C=O) groups is 1. The molecular formula is C11H15NaO2. The van der Waals surface area contributed by atoms with Gasteiger partial charge in [0.15, 0.2) is 0 Å². The second-order valence-electron chi connectivity index (χ2n) is 3.11. The van der Waals surface area contributed by atoms with Gasteiger partial charge in [0.2, 0.25) is 0 Å². The molecule has 72 valence electrons. The number of benzene rings is 1. The van der Waals surface area contributed by atoms with Crippen LogP contribution in [0.1, 0.15) is 35.7 Å². The van der Waals surface area contributed by atoms with Crippen molar-refractivity contribution >= 4 is 35.5 Å². The van der Waals surface area contributed by atoms with E-state index in [-0.39, 0.29) is 29.6 Å². The third kappa shape index (κ3) is 4.27. The molecule has 0 saturated heterocycles. The average molecular weight is 202 g/mol. The number of unbranched alkanes of at least 4 members (excludes halogenated alkanes) is 1. The van der Waals surface area contributed by atoms with Crippen LogP contribution in [0.2, 0.25) is 0 Å². The van der Waals surface area contributed by atoms with Gasteiger partial charge in [0.1, 0.15) is 0 Å². The number of hydrogen-bond donors (Lipinski definition) is 1. The molecule has 1 aromatic carbocycles. The first-order valence-corrected chi connectivity index (χ1v) is 4.56. The molecule has 0 fully saturated rings. The van der Waals surface area contributed by atoms with Crippen LogP contribution < -0.4 is 0 Å². The zero-order valence-electron chi connectivity index (χ0n) is 7.79. The van der Waals surface area contributed by atoms with E-state index in [1.165, 1.54) is 12.0 Å². The molecule has 0 aliphatic rings. The Balaban J connectivity index is 0.00000169. The fourth-order valence-corrected chi connectivity index (χ4v) is 1.19. The average Bonchev–Trinajstić information content (AvgIpc) is 2.15. The van der Waals surface area contributed by atoms with Crippen LogP contribution in [0.5, 0.6) is 0 Å². The predicted molar refractivity (Wildman–Crippen MR) is 59.2 cm³/mol. The molecule has 0 radical (unpaired) electrons. The summed E-state index contributed by atoms with van der Waals surface area (Å²) in [7, 11) is 0. The molecular weight excluding hydrogens is 187 g/mol. The summed E-state index contributed by atoms with van der Waals surface area (Å²) in [6, 6.07) is 7.10. The Morgan fingerprint density at radius 1 is 1.29 bits per heavy atom. The summed E-state index contributed by atoms with van der Waals surface area (Å²) in [5.74, 6) is -0.859. The second-order valence-corrected chi connectivity index (χ2v) is 3.11. The molecule has 0 bridgehead atoms. The minimum atomic E-state index is -0.859. The third-order valence-electron chi connectivity index (χ3n) is 2.02. The molecule has 1 rings (SSSR count). The summed E-state index contributed by atoms with van der Waals surface area (Å²) in [6.45, 7) is 2.14. The molecule has 0 atom stereocenters. The predicted octanol–water partition coefficient (Wildman–Crippen LogP) is 2.08. The first-order valence-electron chi connectivity index (χ1n) is 4.56. The third-order valence-corrected chi connectivity index (χ3v) is 2.02. The fourth-order valence-electron chi connectivity index (χ4n) is 1.19. The summed E-state index contributed by atoms with van der Waals surface area (Å²) < 4.78 is 0. The van der Waals surface area contributed by atoms with E-state index in [9.17, 15) is 4.79 Å². The quantitative estimate of drug-likeness (QED) is 0.759. The molecule has 14 heavy (non-hydrogen) atoms. The van der Waals surface area contributed by atoms with E-state index >= 15 is 0 Å². The van der Waals surface area contributed by atoms with Gasteiger partial charge in [-0.1, -0.05) is 25.5 Å². The first kappa shape index (κ1) is 13.7. The zero-order chi connectivity index (χ0) is 9.68. The summed E-state index contributed by atoms with van der Waals surface area (Å²) in [4.78, 5) is 10.5. The van der Waals surface area contributed by atoms with E-state index in [2.05, 4.69) is 6.92 Å². The first-order chi connectivity index (χ1) is 6.24. The number of rotatable bonds is 4. The summed E-state index contributed by atoms with van der Waals surface area (Å²) in [5.41, 5.74) is 1.58. The van der Waals surface area contributed by atoms with Crippen LogP contribution in [-0.4, -0.2) is 40.6 Å². The Labute approximate surface area is 107 Å². The van der Waals surface area contributed by atoms with Crippen molar-refractivity contribution in [1.29, 1.82) is 0 Å². The molecule has 0 amide bonds. The molecule has 0 aliphatic carbocycles. The Kier molecular flexibility index (Phi) is 6.89. The van der Waals surface area contributed by atoms with Crippen molar-refractivity contribution in [3.8, 4) is 0 Å². The monoisotopic (exact) mass is 202 g/mol. The molecule has 1 aromatic rings. The van der Waals surface area contributed by atoms with Crippen LogP contribution in [-0.2, 0) is 6.42 Å². The Morgan fingerprint density at radius 2 is 1.86 bits per heavy atom. The minimum absolute atomic E-state index is 0. The van der Waals surface area contributed by atoms with Crippen molar-refractivity contribution in [2.45, 2.75) is 26.2 Å². The van der Waals surface area contributed by atoms with Crippen molar-refractivity contribution in [3.05, 3.63) is 35.4 Å². The van der Waals surface area contributed by atoms with Gasteiger partial charge in [-0.15, -0.1) is 0 Å². The number of carboxylic acid groups (broad SMARTS) is 1.